The van der Waals surface area contributed by atoms with E-state index in [1.54, 1.807) is 14.0 Å². The molecule has 0 radical (unpaired) electrons. The number of rotatable bonds is 7. The van der Waals surface area contributed by atoms with Gasteiger partial charge < -0.3 is 15.1 Å². The van der Waals surface area contributed by atoms with E-state index in [0.717, 1.165) is 49.5 Å². The second kappa shape index (κ2) is 11.2. The van der Waals surface area contributed by atoms with Crippen molar-refractivity contribution in [1.82, 2.24) is 24.3 Å². The molecule has 1 fully saturated rings. The van der Waals surface area contributed by atoms with Crippen LogP contribution in [0.15, 0.2) is 4.99 Å². The van der Waals surface area contributed by atoms with E-state index < -0.39 is 10.0 Å². The minimum absolute atomic E-state index is 0. The Morgan fingerprint density at radius 2 is 1.92 bits per heavy atom. The molecule has 150 valence electrons. The fourth-order valence-corrected chi connectivity index (χ4v) is 3.86. The third-order valence-electron chi connectivity index (χ3n) is 3.95. The number of hydrogen-bond donors (Lipinski definition) is 2. The number of sulfonamides is 1. The van der Waals surface area contributed by atoms with Gasteiger partial charge in [0.05, 0.1) is 5.75 Å². The van der Waals surface area contributed by atoms with Crippen LogP contribution in [0.2, 0.25) is 0 Å². The Kier molecular flexibility index (Phi) is 10.0. The van der Waals surface area contributed by atoms with Crippen molar-refractivity contribution in [3.05, 3.63) is 5.82 Å². The first-order chi connectivity index (χ1) is 12.0. The fourth-order valence-electron chi connectivity index (χ4n) is 2.44. The Bertz CT molecular complexity index is 673. The average molecular weight is 517 g/mol. The summed E-state index contributed by atoms with van der Waals surface area (Å²) in [5.41, 5.74) is 0. The van der Waals surface area contributed by atoms with E-state index >= 15 is 0 Å². The predicted molar refractivity (Wildman–Crippen MR) is 117 cm³/mol. The van der Waals surface area contributed by atoms with E-state index in [1.165, 1.54) is 11.5 Å². The number of halogens is 1. The first-order valence-electron chi connectivity index (χ1n) is 8.49. The lowest BCUT2D eigenvalue weighted by Gasteiger charge is -2.36. The summed E-state index contributed by atoms with van der Waals surface area (Å²) in [4.78, 5) is 13.2. The molecule has 1 aliphatic heterocycles. The van der Waals surface area contributed by atoms with Crippen LogP contribution < -0.4 is 14.9 Å². The molecule has 2 heterocycles. The lowest BCUT2D eigenvalue weighted by Crippen LogP contribution is -2.53. The maximum absolute atomic E-state index is 11.4. The molecule has 0 saturated carbocycles. The van der Waals surface area contributed by atoms with E-state index in [4.69, 9.17) is 0 Å². The van der Waals surface area contributed by atoms with Crippen molar-refractivity contribution < 1.29 is 8.42 Å². The van der Waals surface area contributed by atoms with Crippen molar-refractivity contribution in [2.24, 2.45) is 4.99 Å². The van der Waals surface area contributed by atoms with Crippen molar-refractivity contribution in [3.63, 3.8) is 0 Å². The van der Waals surface area contributed by atoms with Gasteiger partial charge >= 0.3 is 0 Å². The second-order valence-electron chi connectivity index (χ2n) is 5.59. The zero-order valence-corrected chi connectivity index (χ0v) is 19.4. The highest BCUT2D eigenvalue weighted by Gasteiger charge is 2.21. The average Bonchev–Trinajstić information content (AvgIpc) is 3.11. The highest BCUT2D eigenvalue weighted by molar-refractivity contribution is 14.0. The summed E-state index contributed by atoms with van der Waals surface area (Å²) in [6, 6.07) is 0. The zero-order chi connectivity index (χ0) is 18.3. The zero-order valence-electron chi connectivity index (χ0n) is 15.4. The van der Waals surface area contributed by atoms with Crippen LogP contribution >= 0.6 is 35.5 Å². The summed E-state index contributed by atoms with van der Waals surface area (Å²) in [6.45, 7) is 7.92. The van der Waals surface area contributed by atoms with Gasteiger partial charge in [-0.2, -0.15) is 4.37 Å². The summed E-state index contributed by atoms with van der Waals surface area (Å²) in [7, 11) is -1.41. The summed E-state index contributed by atoms with van der Waals surface area (Å²) < 4.78 is 29.7. The topological polar surface area (TPSA) is 103 Å². The molecule has 0 amide bonds. The van der Waals surface area contributed by atoms with Crippen molar-refractivity contribution in [2.75, 3.05) is 57.0 Å². The molecule has 2 rings (SSSR count). The maximum Gasteiger partial charge on any atom is 0.211 e. The van der Waals surface area contributed by atoms with E-state index in [1.807, 2.05) is 0 Å². The molecule has 1 aliphatic rings. The molecular formula is C14H28IN7O2S2. The number of nitrogens with zero attached hydrogens (tertiary/aromatic N) is 5. The van der Waals surface area contributed by atoms with Crippen molar-refractivity contribution in [1.29, 1.82) is 0 Å². The molecular weight excluding hydrogens is 489 g/mol. The van der Waals surface area contributed by atoms with Crippen molar-refractivity contribution in [3.8, 4) is 0 Å². The number of guanidine groups is 1. The van der Waals surface area contributed by atoms with Gasteiger partial charge in [0.1, 0.15) is 5.82 Å². The lowest BCUT2D eigenvalue weighted by molar-refractivity contribution is 0.372. The third-order valence-corrected chi connectivity index (χ3v) is 6.16. The van der Waals surface area contributed by atoms with Crippen LogP contribution in [0.3, 0.4) is 0 Å². The standard InChI is InChI=1S/C14H27N7O2S2.HI/c1-4-12-18-14(24-19-12)21-10-8-20(9-11-21)13(15-3)16-6-7-17-25(22,23)5-2;/h17H,4-11H2,1-3H3,(H,15,16);1H. The van der Waals surface area contributed by atoms with Gasteiger partial charge in [-0.3, -0.25) is 4.99 Å². The van der Waals surface area contributed by atoms with Gasteiger partial charge in [0.15, 0.2) is 5.96 Å². The largest absolute Gasteiger partial charge is 0.355 e. The molecule has 0 aliphatic carbocycles. The van der Waals surface area contributed by atoms with Gasteiger partial charge in [0.25, 0.3) is 0 Å². The van der Waals surface area contributed by atoms with Crippen LogP contribution in [-0.2, 0) is 16.4 Å². The normalized spacial score (nSPS) is 15.7. The number of aliphatic imine (C=N–C) groups is 1. The second-order valence-corrected chi connectivity index (χ2v) is 8.42. The number of anilines is 1. The van der Waals surface area contributed by atoms with E-state index in [0.29, 0.717) is 13.1 Å². The highest BCUT2D eigenvalue weighted by atomic mass is 127. The molecule has 26 heavy (non-hydrogen) atoms. The molecule has 9 nitrogen and oxygen atoms in total. The molecule has 0 atom stereocenters. The Hall–Kier alpha value is -0.730. The van der Waals surface area contributed by atoms with Crippen LogP contribution in [0.5, 0.6) is 0 Å². The maximum atomic E-state index is 11.4. The van der Waals surface area contributed by atoms with Gasteiger partial charge in [-0.25, -0.2) is 18.1 Å². The van der Waals surface area contributed by atoms with Gasteiger partial charge in [0.2, 0.25) is 15.2 Å². The Morgan fingerprint density at radius 3 is 2.46 bits per heavy atom. The Labute approximate surface area is 176 Å². The molecule has 0 unspecified atom stereocenters. The molecule has 0 bridgehead atoms. The minimum Gasteiger partial charge on any atom is -0.355 e. The minimum atomic E-state index is -3.15. The van der Waals surface area contributed by atoms with Crippen LogP contribution in [0.25, 0.3) is 0 Å². The molecule has 1 saturated heterocycles. The Balaban J connectivity index is 0.00000338. The molecule has 0 spiro atoms. The van der Waals surface area contributed by atoms with Gasteiger partial charge in [-0.15, -0.1) is 24.0 Å². The summed E-state index contributed by atoms with van der Waals surface area (Å²) in [5.74, 6) is 1.78. The molecule has 0 aromatic carbocycles. The molecule has 12 heteroatoms. The summed E-state index contributed by atoms with van der Waals surface area (Å²) >= 11 is 1.45. The Morgan fingerprint density at radius 1 is 1.23 bits per heavy atom. The van der Waals surface area contributed by atoms with Crippen molar-refractivity contribution in [2.45, 2.75) is 20.3 Å². The van der Waals surface area contributed by atoms with Gasteiger partial charge in [0, 0.05) is 64.3 Å². The first-order valence-corrected chi connectivity index (χ1v) is 10.9. The molecule has 2 N–H and O–H groups in total. The molecule has 1 aromatic rings. The predicted octanol–water partition coefficient (Wildman–Crippen LogP) is 0.355. The smallest absolute Gasteiger partial charge is 0.211 e. The summed E-state index contributed by atoms with van der Waals surface area (Å²) in [6.07, 6.45) is 0.856. The molecule has 1 aromatic heterocycles. The monoisotopic (exact) mass is 517 g/mol. The van der Waals surface area contributed by atoms with Crippen LogP contribution in [0.1, 0.15) is 19.7 Å². The fraction of sp³-hybridized carbons (Fsp3) is 0.786. The number of piperazine rings is 1. The van der Waals surface area contributed by atoms with E-state index in [2.05, 4.69) is 41.1 Å². The number of aryl methyl sites for hydroxylation is 1. The van der Waals surface area contributed by atoms with Gasteiger partial charge in [-0.05, 0) is 6.92 Å². The highest BCUT2D eigenvalue weighted by Crippen LogP contribution is 2.19. The number of hydrogen-bond acceptors (Lipinski definition) is 7. The van der Waals surface area contributed by atoms with Crippen LogP contribution in [-0.4, -0.2) is 80.7 Å². The number of nitrogens with one attached hydrogen (secondary N) is 2. The van der Waals surface area contributed by atoms with E-state index in [9.17, 15) is 8.42 Å². The van der Waals surface area contributed by atoms with E-state index in [-0.39, 0.29) is 29.7 Å². The lowest BCUT2D eigenvalue weighted by atomic mass is 10.3. The first kappa shape index (κ1) is 23.3. The summed E-state index contributed by atoms with van der Waals surface area (Å²) in [5, 5.41) is 4.19. The number of aromatic nitrogens is 2. The van der Waals surface area contributed by atoms with Crippen LogP contribution in [0, 0.1) is 0 Å². The van der Waals surface area contributed by atoms with Gasteiger partial charge in [-0.1, -0.05) is 6.92 Å². The SMILES string of the molecule is CCc1nsc(N2CCN(C(=NC)NCCNS(=O)(=O)CC)CC2)n1.I. The quantitative estimate of drug-likeness (QED) is 0.233. The van der Waals surface area contributed by atoms with Crippen LogP contribution in [0.4, 0.5) is 5.13 Å². The third kappa shape index (κ3) is 6.78. The van der Waals surface area contributed by atoms with Crippen molar-refractivity contribution >= 4 is 56.6 Å².